The molecule has 1 heterocycles. The number of aliphatic hydroxyl groups excluding tert-OH is 1. The Morgan fingerprint density at radius 2 is 1.83 bits per heavy atom. The van der Waals surface area contributed by atoms with E-state index in [2.05, 4.69) is 0 Å². The molecule has 1 rings (SSSR count). The average molecular weight is 313 g/mol. The second-order valence-electron chi connectivity index (χ2n) is 1.22. The minimum absolute atomic E-state index is 0.162. The van der Waals surface area contributed by atoms with Gasteiger partial charge in [-0.1, -0.05) is 0 Å². The van der Waals surface area contributed by atoms with Crippen LogP contribution in [0.15, 0.2) is 0 Å². The average Bonchev–Trinajstić information content (AvgIpc) is 1.86. The van der Waals surface area contributed by atoms with Crippen LogP contribution < -0.4 is 0 Å². The minimum atomic E-state index is 0.162. The Kier molecular flexibility index (Phi) is 2.60. The summed E-state index contributed by atoms with van der Waals surface area (Å²) < 4.78 is 2.46. The van der Waals surface area contributed by atoms with E-state index in [0.29, 0.717) is 34.1 Å². The summed E-state index contributed by atoms with van der Waals surface area (Å²) >= 11 is 0.878. The van der Waals surface area contributed by atoms with Gasteiger partial charge in [0.2, 0.25) is 0 Å². The van der Waals surface area contributed by atoms with Crippen molar-refractivity contribution in [3.63, 3.8) is 0 Å². The van der Waals surface area contributed by atoms with Gasteiger partial charge in [-0.15, -0.1) is 0 Å². The Bertz CT molecular complexity index is 42.1. The number of rotatable bonds is 0. The van der Waals surface area contributed by atoms with Crippen LogP contribution in [0.5, 0.6) is 0 Å². The molecule has 0 bridgehead atoms. The first kappa shape index (κ1) is 5.67. The van der Waals surface area contributed by atoms with Crippen molar-refractivity contribution in [2.75, 3.05) is 0 Å². The van der Waals surface area contributed by atoms with E-state index in [1.54, 1.807) is 0 Å². The molecule has 0 aromatic carbocycles. The van der Waals surface area contributed by atoms with Crippen molar-refractivity contribution in [2.24, 2.45) is 0 Å². The normalized spacial score (nSPS) is 25.5. The SMILES string of the molecule is OC1C[Te][Te]C1. The predicted octanol–water partition coefficient (Wildman–Crippen LogP) is -0.479. The zero-order valence-corrected chi connectivity index (χ0v) is 7.92. The van der Waals surface area contributed by atoms with E-state index in [1.165, 1.54) is 8.94 Å². The predicted molar refractivity (Wildman–Crippen MR) is 27.1 cm³/mol. The molecule has 0 aromatic heterocycles. The molecule has 1 aliphatic heterocycles. The topological polar surface area (TPSA) is 20.2 Å². The first-order valence-electron chi connectivity index (χ1n) is 1.82. The number of hydrogen-bond donors (Lipinski definition) is 1. The summed E-state index contributed by atoms with van der Waals surface area (Å²) in [4.78, 5) is 0. The maximum absolute atomic E-state index is 8.79. The molecule has 36 valence electrons. The Hall–Kier alpha value is 1.54. The van der Waals surface area contributed by atoms with Crippen LogP contribution in [0.3, 0.4) is 0 Å². The van der Waals surface area contributed by atoms with Crippen LogP contribution in [0, 0.1) is 0 Å². The van der Waals surface area contributed by atoms with E-state index < -0.39 is 0 Å². The van der Waals surface area contributed by atoms with Crippen molar-refractivity contribution in [3.8, 4) is 0 Å². The van der Waals surface area contributed by atoms with Gasteiger partial charge >= 0.3 is 54.3 Å². The summed E-state index contributed by atoms with van der Waals surface area (Å²) in [5.41, 5.74) is 0. The molecule has 1 N–H and O–H groups in total. The fourth-order valence-electron chi connectivity index (χ4n) is 0.301. The Balaban J connectivity index is 2.18. The van der Waals surface area contributed by atoms with Crippen LogP contribution >= 0.6 is 0 Å². The van der Waals surface area contributed by atoms with Crippen molar-refractivity contribution >= 4 is 34.1 Å². The standard InChI is InChI=1S/C3H6OTe2/c4-3-1-5-6-2-3/h3-4H,1-2H2. The first-order chi connectivity index (χ1) is 2.89. The molecule has 1 saturated heterocycles. The van der Waals surface area contributed by atoms with Crippen molar-refractivity contribution < 1.29 is 5.11 Å². The summed E-state index contributed by atoms with van der Waals surface area (Å²) in [5, 5.41) is 8.79. The molecule has 0 unspecified atom stereocenters. The van der Waals surface area contributed by atoms with Gasteiger partial charge in [-0.05, 0) is 0 Å². The molecule has 6 heavy (non-hydrogen) atoms. The van der Waals surface area contributed by atoms with E-state index in [1.807, 2.05) is 0 Å². The molecule has 0 radical (unpaired) electrons. The Morgan fingerprint density at radius 1 is 1.33 bits per heavy atom. The van der Waals surface area contributed by atoms with Gasteiger partial charge in [0.15, 0.2) is 0 Å². The number of hydrogen-bond acceptors (Lipinski definition) is 1. The van der Waals surface area contributed by atoms with Gasteiger partial charge in [-0.25, -0.2) is 0 Å². The quantitative estimate of drug-likeness (QED) is 0.599. The molecular formula is C3H6OTe2. The first-order valence-corrected chi connectivity index (χ1v) is 12.4. The second kappa shape index (κ2) is 2.75. The fraction of sp³-hybridized carbons (Fsp3) is 1.00. The molecule has 1 fully saturated rings. The van der Waals surface area contributed by atoms with E-state index >= 15 is 0 Å². The van der Waals surface area contributed by atoms with Gasteiger partial charge < -0.3 is 0 Å². The third-order valence-electron chi connectivity index (χ3n) is 0.604. The van der Waals surface area contributed by atoms with Crippen molar-refractivity contribution in [3.05, 3.63) is 0 Å². The van der Waals surface area contributed by atoms with E-state index in [9.17, 15) is 0 Å². The molecule has 3 heteroatoms. The zero-order valence-electron chi connectivity index (χ0n) is 3.26. The van der Waals surface area contributed by atoms with Gasteiger partial charge in [0.1, 0.15) is 0 Å². The van der Waals surface area contributed by atoms with Crippen molar-refractivity contribution in [1.82, 2.24) is 0 Å². The molecule has 0 saturated carbocycles. The maximum atomic E-state index is 8.79. The van der Waals surface area contributed by atoms with E-state index in [4.69, 9.17) is 5.11 Å². The molecule has 0 atom stereocenters. The van der Waals surface area contributed by atoms with Gasteiger partial charge in [0, 0.05) is 0 Å². The molecule has 0 aromatic rings. The van der Waals surface area contributed by atoms with Crippen LogP contribution in [0.25, 0.3) is 0 Å². The van der Waals surface area contributed by atoms with Crippen LogP contribution in [0.4, 0.5) is 0 Å². The van der Waals surface area contributed by atoms with Gasteiger partial charge in [-0.2, -0.15) is 0 Å². The summed E-state index contributed by atoms with van der Waals surface area (Å²) in [6.45, 7) is 0. The summed E-state index contributed by atoms with van der Waals surface area (Å²) in [6, 6.07) is 0. The summed E-state index contributed by atoms with van der Waals surface area (Å²) in [7, 11) is 0. The molecule has 0 aliphatic carbocycles. The molecule has 1 nitrogen and oxygen atoms in total. The van der Waals surface area contributed by atoms with Crippen molar-refractivity contribution in [1.29, 1.82) is 0 Å². The molecule has 0 spiro atoms. The van der Waals surface area contributed by atoms with Crippen molar-refractivity contribution in [2.45, 2.75) is 15.0 Å². The fourth-order valence-corrected chi connectivity index (χ4v) is 13.6. The Labute approximate surface area is 53.8 Å². The van der Waals surface area contributed by atoms with Crippen LogP contribution in [0.2, 0.25) is 8.94 Å². The monoisotopic (exact) mass is 318 g/mol. The second-order valence-corrected chi connectivity index (χ2v) is 13.5. The third kappa shape index (κ3) is 1.57. The third-order valence-corrected chi connectivity index (χ3v) is 12.5. The van der Waals surface area contributed by atoms with Gasteiger partial charge in [-0.3, -0.25) is 0 Å². The van der Waals surface area contributed by atoms with E-state index in [0.717, 1.165) is 0 Å². The van der Waals surface area contributed by atoms with Crippen LogP contribution in [-0.4, -0.2) is 45.3 Å². The van der Waals surface area contributed by atoms with E-state index in [-0.39, 0.29) is 6.10 Å². The Morgan fingerprint density at radius 3 is 2.00 bits per heavy atom. The molecule has 0 amide bonds. The molecular weight excluding hydrogens is 307 g/mol. The van der Waals surface area contributed by atoms with Crippen LogP contribution in [0.1, 0.15) is 0 Å². The van der Waals surface area contributed by atoms with Crippen LogP contribution in [-0.2, 0) is 0 Å². The zero-order chi connectivity index (χ0) is 4.41. The number of aliphatic hydroxyl groups is 1. The van der Waals surface area contributed by atoms with Gasteiger partial charge in [0.25, 0.3) is 0 Å². The summed E-state index contributed by atoms with van der Waals surface area (Å²) in [6.07, 6.45) is 0.162. The van der Waals surface area contributed by atoms with Gasteiger partial charge in [0.05, 0.1) is 0 Å². The summed E-state index contributed by atoms with van der Waals surface area (Å²) in [5.74, 6) is 0. The molecule has 1 aliphatic rings.